The highest BCUT2D eigenvalue weighted by Gasteiger charge is 2.24. The van der Waals surface area contributed by atoms with Gasteiger partial charge in [0.15, 0.2) is 0 Å². The highest BCUT2D eigenvalue weighted by Crippen LogP contribution is 2.32. The summed E-state index contributed by atoms with van der Waals surface area (Å²) < 4.78 is 1.99. The van der Waals surface area contributed by atoms with Gasteiger partial charge in [-0.2, -0.15) is 5.10 Å². The first-order valence-electron chi connectivity index (χ1n) is 14.0. The highest BCUT2D eigenvalue weighted by atomic mass is 16.2. The Morgan fingerprint density at radius 2 is 1.68 bits per heavy atom. The number of anilines is 1. The van der Waals surface area contributed by atoms with E-state index >= 15 is 0 Å². The summed E-state index contributed by atoms with van der Waals surface area (Å²) in [4.78, 5) is 19.4. The number of aromatic nitrogens is 2. The number of piperazine rings is 1. The second kappa shape index (κ2) is 11.1. The third kappa shape index (κ3) is 5.61. The molecule has 7 nitrogen and oxygen atoms in total. The molecule has 0 bridgehead atoms. The van der Waals surface area contributed by atoms with E-state index in [9.17, 15) is 4.79 Å². The molecule has 3 aromatic rings. The first-order valence-corrected chi connectivity index (χ1v) is 14.0. The van der Waals surface area contributed by atoms with Crippen LogP contribution in [-0.4, -0.2) is 76.8 Å². The molecule has 1 atom stereocenters. The van der Waals surface area contributed by atoms with Gasteiger partial charge in [-0.25, -0.2) is 9.31 Å². The molecule has 1 N–H and O–H groups in total. The summed E-state index contributed by atoms with van der Waals surface area (Å²) in [6.45, 7) is 14.2. The van der Waals surface area contributed by atoms with Crippen molar-refractivity contribution in [3.05, 3.63) is 54.4 Å². The average Bonchev–Trinajstić information content (AvgIpc) is 3.38. The minimum atomic E-state index is 0.0489. The van der Waals surface area contributed by atoms with Crippen LogP contribution in [0.3, 0.4) is 0 Å². The first kappa shape index (κ1) is 25.6. The third-order valence-electron chi connectivity index (χ3n) is 8.35. The van der Waals surface area contributed by atoms with Gasteiger partial charge in [0, 0.05) is 56.2 Å². The van der Waals surface area contributed by atoms with Gasteiger partial charge in [0.25, 0.3) is 0 Å². The molecule has 2 amide bonds. The molecular formula is C30H42N6O. The van der Waals surface area contributed by atoms with Gasteiger partial charge in [-0.1, -0.05) is 31.2 Å². The molecule has 2 fully saturated rings. The number of urea groups is 1. The van der Waals surface area contributed by atoms with Crippen LogP contribution in [0.1, 0.15) is 58.4 Å². The molecule has 0 radical (unpaired) electrons. The molecule has 1 aromatic carbocycles. The number of nitrogens with one attached hydrogen (secondary N) is 1. The lowest BCUT2D eigenvalue weighted by atomic mass is 9.88. The maximum atomic E-state index is 12.5. The molecule has 7 heteroatoms. The number of carbonyl (C=O) groups is 1. The topological polar surface area (TPSA) is 56.1 Å². The Bertz CT molecular complexity index is 1190. The van der Waals surface area contributed by atoms with Gasteiger partial charge in [0.05, 0.1) is 11.2 Å². The molecule has 0 unspecified atom stereocenters. The Labute approximate surface area is 221 Å². The van der Waals surface area contributed by atoms with Crippen LogP contribution in [0.2, 0.25) is 0 Å². The summed E-state index contributed by atoms with van der Waals surface area (Å²) in [5, 5.41) is 7.68. The lowest BCUT2D eigenvalue weighted by molar-refractivity contribution is 0.172. The fourth-order valence-electron chi connectivity index (χ4n) is 5.68. The number of nitrogens with zero attached hydrogens (tertiary/aromatic N) is 5. The second-order valence-electron chi connectivity index (χ2n) is 11.0. The van der Waals surface area contributed by atoms with Gasteiger partial charge < -0.3 is 20.0 Å². The monoisotopic (exact) mass is 502 g/mol. The summed E-state index contributed by atoms with van der Waals surface area (Å²) in [6.07, 6.45) is 7.43. The molecule has 0 aliphatic carbocycles. The molecule has 5 rings (SSSR count). The van der Waals surface area contributed by atoms with E-state index in [-0.39, 0.29) is 12.1 Å². The minimum absolute atomic E-state index is 0.0489. The zero-order valence-electron chi connectivity index (χ0n) is 22.9. The Kier molecular flexibility index (Phi) is 7.70. The van der Waals surface area contributed by atoms with Crippen LogP contribution in [-0.2, 0) is 0 Å². The second-order valence-corrected chi connectivity index (χ2v) is 11.0. The number of hydrogen-bond acceptors (Lipinski definition) is 4. The number of rotatable bonds is 6. The Hall–Kier alpha value is -3.06. The number of hydrogen-bond donors (Lipinski definition) is 1. The summed E-state index contributed by atoms with van der Waals surface area (Å²) in [5.74, 6) is 0.663. The number of fused-ring (bicyclic) bond motifs is 1. The van der Waals surface area contributed by atoms with Crippen LogP contribution in [0, 0.1) is 0 Å². The Morgan fingerprint density at radius 1 is 0.973 bits per heavy atom. The van der Waals surface area contributed by atoms with Gasteiger partial charge in [0.2, 0.25) is 0 Å². The molecule has 0 saturated carbocycles. The number of carbonyl (C=O) groups excluding carboxylic acids is 1. The van der Waals surface area contributed by atoms with Gasteiger partial charge in [-0.3, -0.25) is 0 Å². The SMILES string of the molecule is CC[C@@H](C)NC(=O)N1CCN(c2ccnn3cc(-c4ccc(C5CCN(C(C)C)CC5)cc4)cc23)CC1. The third-order valence-corrected chi connectivity index (χ3v) is 8.35. The van der Waals surface area contributed by atoms with Crippen LogP contribution >= 0.6 is 0 Å². The van der Waals surface area contributed by atoms with Crippen molar-refractivity contribution in [2.24, 2.45) is 0 Å². The van der Waals surface area contributed by atoms with Crippen LogP contribution in [0.15, 0.2) is 48.8 Å². The van der Waals surface area contributed by atoms with E-state index in [0.29, 0.717) is 12.0 Å². The quantitative estimate of drug-likeness (QED) is 0.502. The average molecular weight is 503 g/mol. The van der Waals surface area contributed by atoms with Crippen molar-refractivity contribution in [1.29, 1.82) is 0 Å². The van der Waals surface area contributed by atoms with Crippen LogP contribution in [0.4, 0.5) is 10.5 Å². The highest BCUT2D eigenvalue weighted by molar-refractivity contribution is 5.80. The smallest absolute Gasteiger partial charge is 0.317 e. The van der Waals surface area contributed by atoms with Crippen molar-refractivity contribution in [2.75, 3.05) is 44.2 Å². The van der Waals surface area contributed by atoms with Crippen LogP contribution in [0.5, 0.6) is 0 Å². The fourth-order valence-corrected chi connectivity index (χ4v) is 5.68. The van der Waals surface area contributed by atoms with Gasteiger partial charge in [-0.05, 0) is 82.3 Å². The molecule has 2 aliphatic heterocycles. The molecule has 2 aromatic heterocycles. The molecule has 4 heterocycles. The Balaban J connectivity index is 1.26. The van der Waals surface area contributed by atoms with Gasteiger partial charge >= 0.3 is 6.03 Å². The van der Waals surface area contributed by atoms with E-state index in [0.717, 1.165) is 38.1 Å². The van der Waals surface area contributed by atoms with E-state index in [2.05, 4.69) is 90.5 Å². The van der Waals surface area contributed by atoms with Crippen molar-refractivity contribution < 1.29 is 4.79 Å². The van der Waals surface area contributed by atoms with E-state index in [4.69, 9.17) is 0 Å². The van der Waals surface area contributed by atoms with E-state index < -0.39 is 0 Å². The number of piperidine rings is 1. The number of likely N-dealkylation sites (tertiary alicyclic amines) is 1. The fraction of sp³-hybridized carbons (Fsp3) is 0.533. The van der Waals surface area contributed by atoms with Crippen molar-refractivity contribution in [1.82, 2.24) is 24.7 Å². The van der Waals surface area contributed by atoms with Crippen molar-refractivity contribution in [3.63, 3.8) is 0 Å². The lowest BCUT2D eigenvalue weighted by Gasteiger charge is -2.36. The summed E-state index contributed by atoms with van der Waals surface area (Å²) in [5.41, 5.74) is 6.17. The molecule has 0 spiro atoms. The van der Waals surface area contributed by atoms with Crippen molar-refractivity contribution >= 4 is 17.2 Å². The lowest BCUT2D eigenvalue weighted by Crippen LogP contribution is -2.53. The predicted molar refractivity (Wildman–Crippen MR) is 151 cm³/mol. The minimum Gasteiger partial charge on any atom is -0.366 e. The Morgan fingerprint density at radius 3 is 2.32 bits per heavy atom. The number of amides is 2. The standard InChI is InChI=1S/C30H42N6O/c1-5-23(4)32-30(37)35-18-16-34(17-19-35)28-10-13-31-36-21-27(20-29(28)36)25-8-6-24(7-9-25)26-11-14-33(15-12-26)22(2)3/h6-10,13,20-23,26H,5,11-12,14-19H2,1-4H3,(H,32,37)/t23-/m1/s1. The summed E-state index contributed by atoms with van der Waals surface area (Å²) >= 11 is 0. The molecular weight excluding hydrogens is 460 g/mol. The molecule has 198 valence electrons. The molecule has 2 aliphatic rings. The van der Waals surface area contributed by atoms with E-state index in [1.54, 1.807) is 0 Å². The normalized spacial score (nSPS) is 18.5. The van der Waals surface area contributed by atoms with Crippen LogP contribution in [0.25, 0.3) is 16.6 Å². The van der Waals surface area contributed by atoms with Crippen molar-refractivity contribution in [2.45, 2.75) is 65.0 Å². The first-order chi connectivity index (χ1) is 17.9. The van der Waals surface area contributed by atoms with Gasteiger partial charge in [0.1, 0.15) is 0 Å². The summed E-state index contributed by atoms with van der Waals surface area (Å²) in [7, 11) is 0. The molecule has 2 saturated heterocycles. The largest absolute Gasteiger partial charge is 0.366 e. The zero-order chi connectivity index (χ0) is 25.9. The van der Waals surface area contributed by atoms with E-state index in [1.807, 2.05) is 15.6 Å². The zero-order valence-corrected chi connectivity index (χ0v) is 22.9. The van der Waals surface area contributed by atoms with E-state index in [1.165, 1.54) is 48.3 Å². The van der Waals surface area contributed by atoms with Gasteiger partial charge in [-0.15, -0.1) is 0 Å². The van der Waals surface area contributed by atoms with Crippen LogP contribution < -0.4 is 10.2 Å². The maximum Gasteiger partial charge on any atom is 0.317 e. The maximum absolute atomic E-state index is 12.5. The van der Waals surface area contributed by atoms with Crippen molar-refractivity contribution in [3.8, 4) is 11.1 Å². The summed E-state index contributed by atoms with van der Waals surface area (Å²) in [6, 6.07) is 14.4. The predicted octanol–water partition coefficient (Wildman–Crippen LogP) is 5.22. The number of benzene rings is 1. The molecule has 37 heavy (non-hydrogen) atoms.